The van der Waals surface area contributed by atoms with Gasteiger partial charge in [0, 0.05) is 17.8 Å². The van der Waals surface area contributed by atoms with Crippen LogP contribution in [0.1, 0.15) is 10.6 Å². The summed E-state index contributed by atoms with van der Waals surface area (Å²) in [5, 5.41) is 5.88. The summed E-state index contributed by atoms with van der Waals surface area (Å²) in [7, 11) is 4.36. The number of hydrogen-bond donors (Lipinski definition) is 2. The number of methoxy groups -OCH3 is 3. The number of thiazole rings is 1. The van der Waals surface area contributed by atoms with E-state index in [0.29, 0.717) is 41.8 Å². The Balaban J connectivity index is 1.70. The molecular formula is C17H20N4O5S. The molecule has 3 rings (SSSR count). The van der Waals surface area contributed by atoms with Gasteiger partial charge in [0.05, 0.1) is 39.3 Å². The third-order valence-electron chi connectivity index (χ3n) is 4.06. The number of fused-ring (bicyclic) bond motifs is 1. The van der Waals surface area contributed by atoms with Gasteiger partial charge in [0.2, 0.25) is 0 Å². The van der Waals surface area contributed by atoms with Crippen molar-refractivity contribution in [2.24, 2.45) is 0 Å². The molecule has 0 saturated carbocycles. The molecule has 3 amide bonds. The first kappa shape index (κ1) is 18.8. The molecular weight excluding hydrogens is 372 g/mol. The van der Waals surface area contributed by atoms with Gasteiger partial charge in [-0.3, -0.25) is 5.32 Å². The van der Waals surface area contributed by atoms with Crippen LogP contribution in [0.3, 0.4) is 0 Å². The zero-order valence-corrected chi connectivity index (χ0v) is 16.0. The van der Waals surface area contributed by atoms with E-state index in [1.165, 1.54) is 25.6 Å². The Labute approximate surface area is 160 Å². The van der Waals surface area contributed by atoms with E-state index < -0.39 is 6.09 Å². The van der Waals surface area contributed by atoms with Crippen LogP contribution in [0.15, 0.2) is 18.2 Å². The zero-order chi connectivity index (χ0) is 19.4. The molecule has 2 N–H and O–H groups in total. The lowest BCUT2D eigenvalue weighted by Gasteiger charge is -2.26. The Kier molecular flexibility index (Phi) is 5.65. The van der Waals surface area contributed by atoms with E-state index in [4.69, 9.17) is 9.47 Å². The fourth-order valence-electron chi connectivity index (χ4n) is 2.74. The molecule has 0 radical (unpaired) electrons. The van der Waals surface area contributed by atoms with Gasteiger partial charge in [0.1, 0.15) is 0 Å². The van der Waals surface area contributed by atoms with E-state index in [0.717, 1.165) is 10.6 Å². The molecule has 10 heteroatoms. The Hall–Kier alpha value is -3.01. The van der Waals surface area contributed by atoms with Gasteiger partial charge in [0.15, 0.2) is 16.6 Å². The predicted octanol–water partition coefficient (Wildman–Crippen LogP) is 2.93. The number of aromatic nitrogens is 1. The second-order valence-electron chi connectivity index (χ2n) is 5.65. The first-order chi connectivity index (χ1) is 13.0. The second-order valence-corrected chi connectivity index (χ2v) is 6.73. The molecule has 27 heavy (non-hydrogen) atoms. The topological polar surface area (TPSA) is 102 Å². The highest BCUT2D eigenvalue weighted by atomic mass is 32.1. The van der Waals surface area contributed by atoms with E-state index in [9.17, 15) is 9.59 Å². The number of carbonyl (C=O) groups excluding carboxylic acids is 2. The van der Waals surface area contributed by atoms with Gasteiger partial charge in [-0.25, -0.2) is 14.6 Å². The molecule has 0 aliphatic carbocycles. The van der Waals surface area contributed by atoms with Gasteiger partial charge in [-0.15, -0.1) is 0 Å². The normalized spacial score (nSPS) is 12.8. The van der Waals surface area contributed by atoms with E-state index in [2.05, 4.69) is 20.4 Å². The Morgan fingerprint density at radius 3 is 2.70 bits per heavy atom. The number of benzene rings is 1. The Bertz CT molecular complexity index is 854. The summed E-state index contributed by atoms with van der Waals surface area (Å²) < 4.78 is 15.2. The van der Waals surface area contributed by atoms with Crippen molar-refractivity contribution in [1.29, 1.82) is 0 Å². The monoisotopic (exact) mass is 392 g/mol. The van der Waals surface area contributed by atoms with Crippen LogP contribution in [0.25, 0.3) is 0 Å². The van der Waals surface area contributed by atoms with Crippen molar-refractivity contribution < 1.29 is 23.8 Å². The van der Waals surface area contributed by atoms with Crippen LogP contribution in [0.4, 0.5) is 20.4 Å². The number of amides is 3. The van der Waals surface area contributed by atoms with Crippen LogP contribution in [-0.2, 0) is 17.7 Å². The highest BCUT2D eigenvalue weighted by molar-refractivity contribution is 7.15. The molecule has 0 bridgehead atoms. The van der Waals surface area contributed by atoms with Crippen LogP contribution < -0.4 is 20.1 Å². The standard InChI is InChI=1S/C17H20N4O5S/c1-24-12-6-4-5-11(14(12)25-2)19-16(22)21-8-7-10-13(9-21)27-15(18-10)20-17(23)26-3/h4-6H,7-9H2,1-3H3,(H,19,22)(H,18,20,23). The van der Waals surface area contributed by atoms with Gasteiger partial charge in [0.25, 0.3) is 0 Å². The third kappa shape index (κ3) is 4.05. The van der Waals surface area contributed by atoms with Gasteiger partial charge >= 0.3 is 12.1 Å². The van der Waals surface area contributed by atoms with Gasteiger partial charge in [-0.1, -0.05) is 17.4 Å². The Morgan fingerprint density at radius 1 is 1.19 bits per heavy atom. The first-order valence-corrected chi connectivity index (χ1v) is 8.97. The molecule has 0 atom stereocenters. The van der Waals surface area contributed by atoms with E-state index in [1.807, 2.05) is 0 Å². The van der Waals surface area contributed by atoms with Crippen molar-refractivity contribution in [1.82, 2.24) is 9.88 Å². The van der Waals surface area contributed by atoms with Crippen molar-refractivity contribution in [3.8, 4) is 11.5 Å². The summed E-state index contributed by atoms with van der Waals surface area (Å²) >= 11 is 1.33. The van der Waals surface area contributed by atoms with Crippen LogP contribution in [0.2, 0.25) is 0 Å². The van der Waals surface area contributed by atoms with Crippen molar-refractivity contribution >= 4 is 34.3 Å². The highest BCUT2D eigenvalue weighted by Crippen LogP contribution is 2.35. The van der Waals surface area contributed by atoms with Crippen molar-refractivity contribution in [3.05, 3.63) is 28.8 Å². The first-order valence-electron chi connectivity index (χ1n) is 8.16. The van der Waals surface area contributed by atoms with Gasteiger partial charge in [-0.2, -0.15) is 0 Å². The largest absolute Gasteiger partial charge is 0.493 e. The quantitative estimate of drug-likeness (QED) is 0.829. The fourth-order valence-corrected chi connectivity index (χ4v) is 3.75. The number of carbonyl (C=O) groups is 2. The summed E-state index contributed by atoms with van der Waals surface area (Å²) in [6.07, 6.45) is 0.0398. The number of anilines is 2. The number of hydrogen-bond acceptors (Lipinski definition) is 7. The minimum atomic E-state index is -0.569. The van der Waals surface area contributed by atoms with Crippen molar-refractivity contribution in [3.63, 3.8) is 0 Å². The van der Waals surface area contributed by atoms with Crippen molar-refractivity contribution in [2.45, 2.75) is 13.0 Å². The molecule has 0 unspecified atom stereocenters. The molecule has 1 aromatic carbocycles. The van der Waals surface area contributed by atoms with E-state index in [-0.39, 0.29) is 6.03 Å². The smallest absolute Gasteiger partial charge is 0.413 e. The highest BCUT2D eigenvalue weighted by Gasteiger charge is 2.25. The summed E-state index contributed by atoms with van der Waals surface area (Å²) in [5.74, 6) is 1.01. The van der Waals surface area contributed by atoms with Crippen molar-refractivity contribution in [2.75, 3.05) is 38.5 Å². The number of urea groups is 1. The fraction of sp³-hybridized carbons (Fsp3) is 0.353. The number of ether oxygens (including phenoxy) is 3. The average Bonchev–Trinajstić information content (AvgIpc) is 3.08. The van der Waals surface area contributed by atoms with E-state index in [1.54, 1.807) is 30.2 Å². The maximum absolute atomic E-state index is 12.7. The molecule has 0 spiro atoms. The molecule has 0 saturated heterocycles. The number of nitrogens with zero attached hydrogens (tertiary/aromatic N) is 2. The minimum Gasteiger partial charge on any atom is -0.493 e. The summed E-state index contributed by atoms with van der Waals surface area (Å²) in [6, 6.07) is 5.04. The van der Waals surface area contributed by atoms with Crippen LogP contribution in [0, 0.1) is 0 Å². The maximum Gasteiger partial charge on any atom is 0.413 e. The zero-order valence-electron chi connectivity index (χ0n) is 15.2. The summed E-state index contributed by atoms with van der Waals surface area (Å²) in [4.78, 5) is 31.0. The maximum atomic E-state index is 12.7. The Morgan fingerprint density at radius 2 is 2.00 bits per heavy atom. The minimum absolute atomic E-state index is 0.247. The summed E-state index contributed by atoms with van der Waals surface area (Å²) in [5.41, 5.74) is 1.42. The van der Waals surface area contributed by atoms with Gasteiger partial charge in [-0.05, 0) is 12.1 Å². The molecule has 1 aliphatic heterocycles. The lowest BCUT2D eigenvalue weighted by atomic mass is 10.2. The third-order valence-corrected chi connectivity index (χ3v) is 5.06. The molecule has 1 aromatic heterocycles. The lowest BCUT2D eigenvalue weighted by molar-refractivity contribution is 0.187. The van der Waals surface area contributed by atoms with Crippen LogP contribution >= 0.6 is 11.3 Å². The molecule has 1 aliphatic rings. The number of rotatable bonds is 4. The summed E-state index contributed by atoms with van der Waals surface area (Å²) in [6.45, 7) is 0.931. The van der Waals surface area contributed by atoms with Crippen LogP contribution in [-0.4, -0.2) is 49.9 Å². The van der Waals surface area contributed by atoms with Gasteiger partial charge < -0.3 is 24.4 Å². The second kappa shape index (κ2) is 8.12. The molecule has 9 nitrogen and oxygen atoms in total. The predicted molar refractivity (Wildman–Crippen MR) is 101 cm³/mol. The molecule has 2 aromatic rings. The number of para-hydroxylation sites is 1. The van der Waals surface area contributed by atoms with Crippen LogP contribution in [0.5, 0.6) is 11.5 Å². The molecule has 2 heterocycles. The average molecular weight is 392 g/mol. The SMILES string of the molecule is COC(=O)Nc1nc2c(s1)CN(C(=O)Nc1cccc(OC)c1OC)CC2. The number of nitrogens with one attached hydrogen (secondary N) is 2. The molecule has 144 valence electrons. The lowest BCUT2D eigenvalue weighted by Crippen LogP contribution is -2.38. The van der Waals surface area contributed by atoms with E-state index >= 15 is 0 Å². The molecule has 0 fully saturated rings.